The second-order valence-electron chi connectivity index (χ2n) is 9.09. The first kappa shape index (κ1) is 24.7. The second-order valence-corrected chi connectivity index (χ2v) is 9.09. The summed E-state index contributed by atoms with van der Waals surface area (Å²) >= 11 is 0. The highest BCUT2D eigenvalue weighted by molar-refractivity contribution is 5.94. The summed E-state index contributed by atoms with van der Waals surface area (Å²) in [5.41, 5.74) is 5.78. The lowest BCUT2D eigenvalue weighted by molar-refractivity contribution is -0.166. The standard InChI is InChI=1S/C25H27N5O7/c1-35-21-3-2-16-22(29-21)15(11-17(28-16)23(26)31)18-12-25(34,24(32)33)5-7-30(18)6-4-14-10-19-20(13-27-14)37-9-8-36-19/h2-3,10-11,13,18,34H,4-9,12H2,1H3,(H2,26,31)(H,32,33). The molecule has 3 aromatic rings. The van der Waals surface area contributed by atoms with Gasteiger partial charge < -0.3 is 30.2 Å². The van der Waals surface area contributed by atoms with Crippen molar-refractivity contribution in [3.05, 3.63) is 47.4 Å². The molecule has 2 aliphatic rings. The molecule has 1 fully saturated rings. The maximum Gasteiger partial charge on any atom is 0.335 e. The Morgan fingerprint density at radius 2 is 2.00 bits per heavy atom. The van der Waals surface area contributed by atoms with Gasteiger partial charge in [0.1, 0.15) is 18.9 Å². The average molecular weight is 510 g/mol. The van der Waals surface area contributed by atoms with Crippen LogP contribution in [0.1, 0.15) is 40.6 Å². The lowest BCUT2D eigenvalue weighted by Crippen LogP contribution is -2.51. The molecule has 0 saturated carbocycles. The zero-order chi connectivity index (χ0) is 26.2. The van der Waals surface area contributed by atoms with Gasteiger partial charge in [-0.25, -0.2) is 14.8 Å². The summed E-state index contributed by atoms with van der Waals surface area (Å²) in [5, 5.41) is 20.7. The molecule has 2 aliphatic heterocycles. The predicted octanol–water partition coefficient (Wildman–Crippen LogP) is 1.10. The van der Waals surface area contributed by atoms with Crippen molar-refractivity contribution in [2.45, 2.75) is 30.9 Å². The van der Waals surface area contributed by atoms with Gasteiger partial charge in [-0.15, -0.1) is 0 Å². The minimum Gasteiger partial charge on any atom is -0.486 e. The third kappa shape index (κ3) is 4.85. The number of aliphatic hydroxyl groups is 1. The maximum absolute atomic E-state index is 12.1. The summed E-state index contributed by atoms with van der Waals surface area (Å²) in [6.45, 7) is 1.72. The molecular formula is C25H27N5O7. The van der Waals surface area contributed by atoms with Crippen LogP contribution in [0.2, 0.25) is 0 Å². The van der Waals surface area contributed by atoms with Crippen molar-refractivity contribution in [2.75, 3.05) is 33.4 Å². The zero-order valence-electron chi connectivity index (χ0n) is 20.2. The van der Waals surface area contributed by atoms with Crippen molar-refractivity contribution in [1.29, 1.82) is 0 Å². The van der Waals surface area contributed by atoms with E-state index < -0.39 is 23.5 Å². The zero-order valence-corrected chi connectivity index (χ0v) is 20.2. The summed E-state index contributed by atoms with van der Waals surface area (Å²) in [5.74, 6) is -0.465. The van der Waals surface area contributed by atoms with Crippen LogP contribution in [0.4, 0.5) is 0 Å². The highest BCUT2D eigenvalue weighted by Crippen LogP contribution is 2.40. The van der Waals surface area contributed by atoms with Crippen LogP contribution in [0.25, 0.3) is 11.0 Å². The molecular weight excluding hydrogens is 482 g/mol. The van der Waals surface area contributed by atoms with Gasteiger partial charge in [0.05, 0.1) is 24.3 Å². The molecule has 5 rings (SSSR count). The number of likely N-dealkylation sites (tertiary alicyclic amines) is 1. The molecule has 1 saturated heterocycles. The molecule has 3 aromatic heterocycles. The molecule has 194 valence electrons. The van der Waals surface area contributed by atoms with Crippen LogP contribution in [0.15, 0.2) is 30.5 Å². The minimum atomic E-state index is -1.95. The Bertz CT molecular complexity index is 1370. The third-order valence-corrected chi connectivity index (χ3v) is 6.80. The van der Waals surface area contributed by atoms with Crippen molar-refractivity contribution in [3.8, 4) is 17.4 Å². The lowest BCUT2D eigenvalue weighted by atomic mass is 9.82. The number of aromatic nitrogens is 3. The van der Waals surface area contributed by atoms with Gasteiger partial charge in [-0.3, -0.25) is 14.7 Å². The molecule has 37 heavy (non-hydrogen) atoms. The van der Waals surface area contributed by atoms with E-state index >= 15 is 0 Å². The Kier molecular flexibility index (Phi) is 6.52. The minimum absolute atomic E-state index is 0.0207. The molecule has 12 nitrogen and oxygen atoms in total. The van der Waals surface area contributed by atoms with E-state index in [1.165, 1.54) is 13.2 Å². The van der Waals surface area contributed by atoms with Gasteiger partial charge in [0.15, 0.2) is 17.1 Å². The Labute approximate surface area is 212 Å². The van der Waals surface area contributed by atoms with E-state index in [4.69, 9.17) is 19.9 Å². The number of ether oxygens (including phenoxy) is 3. The van der Waals surface area contributed by atoms with Crippen molar-refractivity contribution in [1.82, 2.24) is 19.9 Å². The average Bonchev–Trinajstić information content (AvgIpc) is 2.91. The molecule has 4 N–H and O–H groups in total. The molecule has 0 aromatic carbocycles. The summed E-state index contributed by atoms with van der Waals surface area (Å²) in [7, 11) is 1.48. The van der Waals surface area contributed by atoms with Crippen molar-refractivity contribution in [2.24, 2.45) is 5.73 Å². The number of carboxylic acids is 1. The third-order valence-electron chi connectivity index (χ3n) is 6.80. The number of carbonyl (C=O) groups excluding carboxylic acids is 1. The van der Waals surface area contributed by atoms with Crippen LogP contribution in [0.3, 0.4) is 0 Å². The van der Waals surface area contributed by atoms with Gasteiger partial charge >= 0.3 is 5.97 Å². The first-order chi connectivity index (χ1) is 17.8. The molecule has 2 atom stereocenters. The number of nitrogens with two attached hydrogens (primary N) is 1. The Morgan fingerprint density at radius 3 is 2.73 bits per heavy atom. The predicted molar refractivity (Wildman–Crippen MR) is 130 cm³/mol. The normalized spacial score (nSPS) is 21.5. The molecule has 12 heteroatoms. The number of pyridine rings is 3. The van der Waals surface area contributed by atoms with Gasteiger partial charge in [-0.1, -0.05) is 0 Å². The number of methoxy groups -OCH3 is 1. The monoisotopic (exact) mass is 509 g/mol. The Balaban J connectivity index is 1.53. The molecule has 0 radical (unpaired) electrons. The van der Waals surface area contributed by atoms with Crippen LogP contribution in [-0.2, 0) is 11.2 Å². The summed E-state index contributed by atoms with van der Waals surface area (Å²) in [6, 6.07) is 6.02. The molecule has 5 heterocycles. The van der Waals surface area contributed by atoms with Gasteiger partial charge in [0, 0.05) is 49.8 Å². The van der Waals surface area contributed by atoms with E-state index in [1.807, 2.05) is 6.07 Å². The van der Waals surface area contributed by atoms with Gasteiger partial charge in [0.2, 0.25) is 5.88 Å². The summed E-state index contributed by atoms with van der Waals surface area (Å²) < 4.78 is 16.5. The number of hydrogen-bond acceptors (Lipinski definition) is 10. The Morgan fingerprint density at radius 1 is 1.22 bits per heavy atom. The molecule has 0 aliphatic carbocycles. The number of amides is 1. The van der Waals surface area contributed by atoms with E-state index in [-0.39, 0.29) is 25.1 Å². The molecule has 0 bridgehead atoms. The largest absolute Gasteiger partial charge is 0.486 e. The summed E-state index contributed by atoms with van der Waals surface area (Å²) in [6.07, 6.45) is 2.08. The first-order valence-corrected chi connectivity index (χ1v) is 11.9. The lowest BCUT2D eigenvalue weighted by Gasteiger charge is -2.42. The van der Waals surface area contributed by atoms with Crippen LogP contribution in [-0.4, -0.2) is 81.0 Å². The van der Waals surface area contributed by atoms with Crippen molar-refractivity contribution < 1.29 is 34.0 Å². The quantitative estimate of drug-likeness (QED) is 0.417. The number of carboxylic acid groups (broad SMARTS) is 1. The van der Waals surface area contributed by atoms with Crippen LogP contribution >= 0.6 is 0 Å². The van der Waals surface area contributed by atoms with Gasteiger partial charge in [-0.2, -0.15) is 0 Å². The van der Waals surface area contributed by atoms with Gasteiger partial charge in [-0.05, 0) is 24.1 Å². The summed E-state index contributed by atoms with van der Waals surface area (Å²) in [4.78, 5) is 39.4. The van der Waals surface area contributed by atoms with E-state index in [0.29, 0.717) is 60.2 Å². The molecule has 0 spiro atoms. The number of piperidine rings is 1. The second kappa shape index (κ2) is 9.79. The van der Waals surface area contributed by atoms with E-state index in [2.05, 4.69) is 19.9 Å². The Hall–Kier alpha value is -4.03. The number of carbonyl (C=O) groups is 2. The van der Waals surface area contributed by atoms with E-state index in [9.17, 15) is 19.8 Å². The number of primary amides is 1. The first-order valence-electron chi connectivity index (χ1n) is 11.9. The van der Waals surface area contributed by atoms with Crippen LogP contribution in [0, 0.1) is 0 Å². The molecule has 1 amide bonds. The highest BCUT2D eigenvalue weighted by Gasteiger charge is 2.45. The number of hydrogen-bond donors (Lipinski definition) is 3. The topological polar surface area (TPSA) is 170 Å². The van der Waals surface area contributed by atoms with Crippen LogP contribution < -0.4 is 19.9 Å². The molecule has 2 unspecified atom stereocenters. The van der Waals surface area contributed by atoms with Gasteiger partial charge in [0.25, 0.3) is 5.91 Å². The fourth-order valence-electron chi connectivity index (χ4n) is 4.80. The number of rotatable bonds is 7. The number of nitrogens with zero attached hydrogens (tertiary/aromatic N) is 4. The fraction of sp³-hybridized carbons (Fsp3) is 0.400. The smallest absolute Gasteiger partial charge is 0.335 e. The van der Waals surface area contributed by atoms with Crippen LogP contribution in [0.5, 0.6) is 17.4 Å². The van der Waals surface area contributed by atoms with E-state index in [1.54, 1.807) is 18.3 Å². The van der Waals surface area contributed by atoms with Crippen molar-refractivity contribution in [3.63, 3.8) is 0 Å². The number of fused-ring (bicyclic) bond motifs is 2. The highest BCUT2D eigenvalue weighted by atomic mass is 16.6. The maximum atomic E-state index is 12.1. The van der Waals surface area contributed by atoms with Crippen molar-refractivity contribution >= 4 is 22.9 Å². The van der Waals surface area contributed by atoms with E-state index in [0.717, 1.165) is 5.69 Å². The fourth-order valence-corrected chi connectivity index (χ4v) is 4.80. The SMILES string of the molecule is COc1ccc2nc(C(N)=O)cc(C3CC(O)(C(=O)O)CCN3CCc3cc4c(cn3)OCCO4)c2n1. The number of aliphatic carboxylic acids is 1.